The summed E-state index contributed by atoms with van der Waals surface area (Å²) in [5.41, 5.74) is 1.50. The predicted molar refractivity (Wildman–Crippen MR) is 126 cm³/mol. The molecule has 8 nitrogen and oxygen atoms in total. The number of nitrogens with one attached hydrogen (secondary N) is 1. The molecule has 0 radical (unpaired) electrons. The van der Waals surface area contributed by atoms with Crippen molar-refractivity contribution in [1.82, 2.24) is 15.1 Å². The van der Waals surface area contributed by atoms with Gasteiger partial charge >= 0.3 is 0 Å². The van der Waals surface area contributed by atoms with Crippen molar-refractivity contribution in [2.45, 2.75) is 20.0 Å². The minimum absolute atomic E-state index is 0.0119. The summed E-state index contributed by atoms with van der Waals surface area (Å²) < 4.78 is 17.1. The van der Waals surface area contributed by atoms with Crippen LogP contribution in [0.4, 0.5) is 0 Å². The van der Waals surface area contributed by atoms with E-state index in [1.165, 1.54) is 0 Å². The van der Waals surface area contributed by atoms with Crippen molar-refractivity contribution < 1.29 is 23.8 Å². The predicted octanol–water partition coefficient (Wildman–Crippen LogP) is 2.57. The number of rotatable bonds is 9. The normalized spacial score (nSPS) is 14.3. The number of ether oxygens (including phenoxy) is 3. The molecule has 2 aromatic rings. The summed E-state index contributed by atoms with van der Waals surface area (Å²) in [5, 5.41) is 2.82. The van der Waals surface area contributed by atoms with E-state index in [0.717, 1.165) is 18.5 Å². The first-order chi connectivity index (χ1) is 16.0. The number of nitrogens with zero attached hydrogens (tertiary/aromatic N) is 2. The first-order valence-electron chi connectivity index (χ1n) is 11.3. The van der Waals surface area contributed by atoms with Gasteiger partial charge in [0.1, 0.15) is 6.61 Å². The fourth-order valence-corrected chi connectivity index (χ4v) is 3.85. The molecule has 33 heavy (non-hydrogen) atoms. The monoisotopic (exact) mass is 455 g/mol. The van der Waals surface area contributed by atoms with Gasteiger partial charge in [-0.15, -0.1) is 0 Å². The second-order valence-electron chi connectivity index (χ2n) is 7.86. The maximum Gasteiger partial charge on any atom is 0.254 e. The number of hydrogen-bond acceptors (Lipinski definition) is 6. The van der Waals surface area contributed by atoms with Crippen molar-refractivity contribution in [2.75, 3.05) is 53.5 Å². The van der Waals surface area contributed by atoms with Gasteiger partial charge in [0.2, 0.25) is 11.7 Å². The van der Waals surface area contributed by atoms with Crippen LogP contribution in [0.25, 0.3) is 0 Å². The van der Waals surface area contributed by atoms with E-state index < -0.39 is 0 Å². The summed E-state index contributed by atoms with van der Waals surface area (Å²) in [6.45, 7) is 5.83. The van der Waals surface area contributed by atoms with Crippen LogP contribution >= 0.6 is 0 Å². The lowest BCUT2D eigenvalue weighted by Gasteiger charge is -2.23. The fraction of sp³-hybridized carbons (Fsp3) is 0.440. The van der Waals surface area contributed by atoms with E-state index in [0.29, 0.717) is 62.1 Å². The smallest absolute Gasteiger partial charge is 0.254 e. The van der Waals surface area contributed by atoms with Gasteiger partial charge in [-0.25, -0.2) is 0 Å². The Morgan fingerprint density at radius 2 is 1.67 bits per heavy atom. The molecule has 1 saturated heterocycles. The summed E-state index contributed by atoms with van der Waals surface area (Å²) in [4.78, 5) is 29.1. The van der Waals surface area contributed by atoms with Gasteiger partial charge in [-0.3, -0.25) is 14.5 Å². The molecule has 2 amide bonds. The van der Waals surface area contributed by atoms with Gasteiger partial charge in [-0.1, -0.05) is 30.3 Å². The maximum atomic E-state index is 13.3. The average molecular weight is 456 g/mol. The topological polar surface area (TPSA) is 80.3 Å². The van der Waals surface area contributed by atoms with Crippen molar-refractivity contribution in [3.8, 4) is 17.2 Å². The number of carbonyl (C=O) groups excluding carboxylic acids is 2. The van der Waals surface area contributed by atoms with Gasteiger partial charge in [0, 0.05) is 38.3 Å². The highest BCUT2D eigenvalue weighted by Crippen LogP contribution is 2.39. The third-order valence-corrected chi connectivity index (χ3v) is 5.55. The molecule has 1 heterocycles. The summed E-state index contributed by atoms with van der Waals surface area (Å²) in [5.74, 6) is 1.27. The molecule has 178 valence electrons. The van der Waals surface area contributed by atoms with Gasteiger partial charge in [0.25, 0.3) is 5.91 Å². The molecule has 1 fully saturated rings. The summed E-state index contributed by atoms with van der Waals surface area (Å²) in [6.07, 6.45) is 0.803. The van der Waals surface area contributed by atoms with Crippen molar-refractivity contribution in [3.63, 3.8) is 0 Å². The Morgan fingerprint density at radius 3 is 2.30 bits per heavy atom. The number of methoxy groups -OCH3 is 2. The Balaban J connectivity index is 1.71. The van der Waals surface area contributed by atoms with Gasteiger partial charge < -0.3 is 24.4 Å². The standard InChI is InChI=1S/C25H33N3O5/c1-4-26-23(29)17-27-11-8-12-28(14-13-27)25(30)20-15-21(31-2)24(22(16-20)32-3)33-18-19-9-6-5-7-10-19/h5-7,9-10,15-16H,4,8,11-14,17-18H2,1-3H3,(H,26,29). The van der Waals surface area contributed by atoms with Crippen LogP contribution in [0.1, 0.15) is 29.3 Å². The molecule has 0 aliphatic carbocycles. The lowest BCUT2D eigenvalue weighted by Crippen LogP contribution is -2.40. The zero-order chi connectivity index (χ0) is 23.6. The van der Waals surface area contributed by atoms with Crippen LogP contribution in [0.2, 0.25) is 0 Å². The Labute approximate surface area is 195 Å². The lowest BCUT2D eigenvalue weighted by atomic mass is 10.1. The Bertz CT molecular complexity index is 910. The van der Waals surface area contributed by atoms with Crippen LogP contribution in [0.5, 0.6) is 17.2 Å². The first-order valence-corrected chi connectivity index (χ1v) is 11.3. The third kappa shape index (κ3) is 6.61. The van der Waals surface area contributed by atoms with E-state index in [1.54, 1.807) is 26.4 Å². The SMILES string of the molecule is CCNC(=O)CN1CCCN(C(=O)c2cc(OC)c(OCc3ccccc3)c(OC)c2)CC1. The highest BCUT2D eigenvalue weighted by molar-refractivity contribution is 5.95. The quantitative estimate of drug-likeness (QED) is 0.626. The van der Waals surface area contributed by atoms with Gasteiger partial charge in [0.05, 0.1) is 20.8 Å². The lowest BCUT2D eigenvalue weighted by molar-refractivity contribution is -0.122. The second kappa shape index (κ2) is 12.1. The molecule has 0 saturated carbocycles. The molecule has 0 unspecified atom stereocenters. The van der Waals surface area contributed by atoms with Gasteiger partial charge in [-0.2, -0.15) is 0 Å². The van der Waals surface area contributed by atoms with E-state index >= 15 is 0 Å². The van der Waals surface area contributed by atoms with Crippen molar-refractivity contribution in [3.05, 3.63) is 53.6 Å². The fourth-order valence-electron chi connectivity index (χ4n) is 3.85. The minimum Gasteiger partial charge on any atom is -0.493 e. The van der Waals surface area contributed by atoms with Crippen LogP contribution in [-0.2, 0) is 11.4 Å². The number of amides is 2. The van der Waals surface area contributed by atoms with Crippen molar-refractivity contribution >= 4 is 11.8 Å². The Kier molecular flexibility index (Phi) is 8.95. The number of carbonyl (C=O) groups is 2. The highest BCUT2D eigenvalue weighted by atomic mass is 16.5. The van der Waals surface area contributed by atoms with E-state index in [2.05, 4.69) is 10.2 Å². The van der Waals surface area contributed by atoms with Crippen LogP contribution in [0.3, 0.4) is 0 Å². The molecule has 1 aliphatic heterocycles. The average Bonchev–Trinajstić information content (AvgIpc) is 3.08. The van der Waals surface area contributed by atoms with Crippen LogP contribution in [-0.4, -0.2) is 75.1 Å². The molecule has 0 atom stereocenters. The molecule has 0 aromatic heterocycles. The molecule has 1 aliphatic rings. The molecular weight excluding hydrogens is 422 g/mol. The zero-order valence-electron chi connectivity index (χ0n) is 19.6. The molecule has 1 N–H and O–H groups in total. The van der Waals surface area contributed by atoms with Crippen LogP contribution in [0.15, 0.2) is 42.5 Å². The van der Waals surface area contributed by atoms with Gasteiger partial charge in [0.15, 0.2) is 11.5 Å². The molecule has 0 spiro atoms. The summed E-state index contributed by atoms with van der Waals surface area (Å²) in [7, 11) is 3.09. The number of likely N-dealkylation sites (N-methyl/N-ethyl adjacent to an activating group) is 1. The van der Waals surface area contributed by atoms with Crippen molar-refractivity contribution in [2.24, 2.45) is 0 Å². The Hall–Kier alpha value is -3.26. The number of hydrogen-bond donors (Lipinski definition) is 1. The molecular formula is C25H33N3O5. The molecule has 3 rings (SSSR count). The van der Waals surface area contributed by atoms with Gasteiger partial charge in [-0.05, 0) is 31.0 Å². The Morgan fingerprint density at radius 1 is 0.970 bits per heavy atom. The second-order valence-corrected chi connectivity index (χ2v) is 7.86. The number of benzene rings is 2. The van der Waals surface area contributed by atoms with E-state index in [-0.39, 0.29) is 11.8 Å². The van der Waals surface area contributed by atoms with Crippen molar-refractivity contribution in [1.29, 1.82) is 0 Å². The molecule has 8 heteroatoms. The third-order valence-electron chi connectivity index (χ3n) is 5.55. The van der Waals surface area contributed by atoms with E-state index in [4.69, 9.17) is 14.2 Å². The first kappa shape index (κ1) is 24.4. The highest BCUT2D eigenvalue weighted by Gasteiger charge is 2.24. The maximum absolute atomic E-state index is 13.3. The van der Waals surface area contributed by atoms with E-state index in [9.17, 15) is 9.59 Å². The van der Waals surface area contributed by atoms with E-state index in [1.807, 2.05) is 42.2 Å². The largest absolute Gasteiger partial charge is 0.493 e. The summed E-state index contributed by atoms with van der Waals surface area (Å²) >= 11 is 0. The molecule has 2 aromatic carbocycles. The van der Waals surface area contributed by atoms with Crippen LogP contribution in [0, 0.1) is 0 Å². The zero-order valence-corrected chi connectivity index (χ0v) is 19.6. The van der Waals surface area contributed by atoms with Crippen LogP contribution < -0.4 is 19.5 Å². The summed E-state index contributed by atoms with van der Waals surface area (Å²) in [6, 6.07) is 13.2. The molecule has 0 bridgehead atoms. The minimum atomic E-state index is -0.0962.